The van der Waals surface area contributed by atoms with Crippen LogP contribution >= 0.6 is 0 Å². The number of benzene rings is 1. The molecular weight excluding hydrogens is 250 g/mol. The molecule has 3 unspecified atom stereocenters. The summed E-state index contributed by atoms with van der Waals surface area (Å²) in [5.74, 6) is 1.27. The molecule has 1 aromatic carbocycles. The van der Waals surface area contributed by atoms with Gasteiger partial charge in [0.15, 0.2) is 0 Å². The van der Waals surface area contributed by atoms with Gasteiger partial charge in [-0.2, -0.15) is 0 Å². The van der Waals surface area contributed by atoms with Gasteiger partial charge in [-0.1, -0.05) is 6.42 Å². The van der Waals surface area contributed by atoms with E-state index in [9.17, 15) is 5.11 Å². The number of fused-ring (bicyclic) bond motifs is 1. The highest BCUT2D eigenvalue weighted by atomic mass is 16.3. The predicted octanol–water partition coefficient (Wildman–Crippen LogP) is 3.59. The van der Waals surface area contributed by atoms with E-state index in [2.05, 4.69) is 35.6 Å². The second-order valence-corrected chi connectivity index (χ2v) is 6.08. The van der Waals surface area contributed by atoms with Crippen molar-refractivity contribution in [2.24, 2.45) is 0 Å². The van der Waals surface area contributed by atoms with Gasteiger partial charge in [0.05, 0.1) is 17.1 Å². The Morgan fingerprint density at radius 1 is 1.30 bits per heavy atom. The number of imidazole rings is 1. The fourth-order valence-electron chi connectivity index (χ4n) is 3.56. The van der Waals surface area contributed by atoms with Gasteiger partial charge < -0.3 is 10.1 Å². The maximum Gasteiger partial charge on any atom is 0.124 e. The number of rotatable bonds is 2. The van der Waals surface area contributed by atoms with Gasteiger partial charge in [-0.25, -0.2) is 4.98 Å². The second-order valence-electron chi connectivity index (χ2n) is 6.08. The van der Waals surface area contributed by atoms with Crippen molar-refractivity contribution < 1.29 is 5.11 Å². The average molecular weight is 273 g/mol. The van der Waals surface area contributed by atoms with Crippen molar-refractivity contribution >= 4 is 11.0 Å². The van der Waals surface area contributed by atoms with Gasteiger partial charge in [-0.3, -0.25) is 4.90 Å². The van der Waals surface area contributed by atoms with Crippen LogP contribution in [0.15, 0.2) is 18.2 Å². The fourth-order valence-corrected chi connectivity index (χ4v) is 3.56. The quantitative estimate of drug-likeness (QED) is 0.879. The van der Waals surface area contributed by atoms with Gasteiger partial charge in [0.25, 0.3) is 0 Å². The Balaban J connectivity index is 1.93. The number of likely N-dealkylation sites (tertiary alicyclic amines) is 1. The SMILES string of the molecule is CC1CCCC(C)N1C(C)c1nc2ccc(O)cc2[nH]1. The number of aromatic hydroxyl groups is 1. The number of piperidine rings is 1. The first-order valence-corrected chi connectivity index (χ1v) is 7.52. The molecule has 108 valence electrons. The first-order chi connectivity index (χ1) is 9.56. The van der Waals surface area contributed by atoms with Crippen molar-refractivity contribution in [2.45, 2.75) is 58.2 Å². The van der Waals surface area contributed by atoms with Crippen LogP contribution in [0.4, 0.5) is 0 Å². The molecule has 3 atom stereocenters. The molecule has 1 saturated heterocycles. The third kappa shape index (κ3) is 2.29. The van der Waals surface area contributed by atoms with E-state index in [0.29, 0.717) is 12.1 Å². The van der Waals surface area contributed by atoms with Crippen molar-refractivity contribution in [1.29, 1.82) is 0 Å². The third-order valence-electron chi connectivity index (χ3n) is 4.59. The Labute approximate surface area is 119 Å². The summed E-state index contributed by atoms with van der Waals surface area (Å²) in [6, 6.07) is 6.74. The number of nitrogens with one attached hydrogen (secondary N) is 1. The molecule has 3 rings (SSSR count). The molecule has 1 aliphatic rings. The molecule has 0 spiro atoms. The van der Waals surface area contributed by atoms with Crippen molar-refractivity contribution in [3.8, 4) is 5.75 Å². The Morgan fingerprint density at radius 3 is 2.70 bits per heavy atom. The normalized spacial score (nSPS) is 25.9. The van der Waals surface area contributed by atoms with Gasteiger partial charge in [-0.15, -0.1) is 0 Å². The highest BCUT2D eigenvalue weighted by Crippen LogP contribution is 2.32. The summed E-state index contributed by atoms with van der Waals surface area (Å²) in [5, 5.41) is 9.55. The molecule has 20 heavy (non-hydrogen) atoms. The molecule has 1 aliphatic heterocycles. The van der Waals surface area contributed by atoms with E-state index in [1.165, 1.54) is 19.3 Å². The van der Waals surface area contributed by atoms with Crippen LogP contribution in [0.5, 0.6) is 5.75 Å². The maximum absolute atomic E-state index is 9.55. The zero-order chi connectivity index (χ0) is 14.3. The van der Waals surface area contributed by atoms with Crippen LogP contribution in [-0.2, 0) is 0 Å². The minimum atomic E-state index is 0.273. The van der Waals surface area contributed by atoms with Crippen LogP contribution in [0.2, 0.25) is 0 Å². The molecule has 4 nitrogen and oxygen atoms in total. The number of nitrogens with zero attached hydrogens (tertiary/aromatic N) is 2. The van der Waals surface area contributed by atoms with Crippen LogP contribution in [0.3, 0.4) is 0 Å². The number of hydrogen-bond acceptors (Lipinski definition) is 3. The van der Waals surface area contributed by atoms with Crippen molar-refractivity contribution in [3.63, 3.8) is 0 Å². The van der Waals surface area contributed by atoms with Crippen molar-refractivity contribution in [3.05, 3.63) is 24.0 Å². The topological polar surface area (TPSA) is 52.1 Å². The number of hydrogen-bond donors (Lipinski definition) is 2. The van der Waals surface area contributed by atoms with Gasteiger partial charge in [-0.05, 0) is 45.7 Å². The lowest BCUT2D eigenvalue weighted by Gasteiger charge is -2.42. The lowest BCUT2D eigenvalue weighted by molar-refractivity contribution is 0.0590. The largest absolute Gasteiger partial charge is 0.508 e. The zero-order valence-electron chi connectivity index (χ0n) is 12.4. The Kier molecular flexibility index (Phi) is 3.42. The number of phenolic OH excluding ortho intramolecular Hbond substituents is 1. The van der Waals surface area contributed by atoms with Crippen LogP contribution in [-0.4, -0.2) is 32.1 Å². The van der Waals surface area contributed by atoms with Crippen molar-refractivity contribution in [2.75, 3.05) is 0 Å². The van der Waals surface area contributed by atoms with E-state index in [1.54, 1.807) is 12.1 Å². The Hall–Kier alpha value is -1.55. The highest BCUT2D eigenvalue weighted by Gasteiger charge is 2.30. The number of phenols is 1. The number of aromatic nitrogens is 2. The molecule has 2 aromatic rings. The summed E-state index contributed by atoms with van der Waals surface area (Å²) in [4.78, 5) is 10.6. The van der Waals surface area contributed by atoms with E-state index in [4.69, 9.17) is 0 Å². The van der Waals surface area contributed by atoms with Crippen molar-refractivity contribution in [1.82, 2.24) is 14.9 Å². The van der Waals surface area contributed by atoms with Gasteiger partial charge in [0, 0.05) is 18.2 Å². The standard InChI is InChI=1S/C16H23N3O/c1-10-5-4-6-11(2)19(10)12(3)16-17-14-8-7-13(20)9-15(14)18-16/h7-12,20H,4-6H2,1-3H3,(H,17,18). The predicted molar refractivity (Wildman–Crippen MR) is 80.8 cm³/mol. The lowest BCUT2D eigenvalue weighted by atomic mass is 9.95. The molecule has 4 heteroatoms. The summed E-state index contributed by atoms with van der Waals surface area (Å²) in [6.45, 7) is 6.83. The summed E-state index contributed by atoms with van der Waals surface area (Å²) in [6.07, 6.45) is 3.84. The van der Waals surface area contributed by atoms with Gasteiger partial charge in [0.2, 0.25) is 0 Å². The summed E-state index contributed by atoms with van der Waals surface area (Å²) >= 11 is 0. The van der Waals surface area contributed by atoms with Gasteiger partial charge >= 0.3 is 0 Å². The smallest absolute Gasteiger partial charge is 0.124 e. The molecule has 0 bridgehead atoms. The third-order valence-corrected chi connectivity index (χ3v) is 4.59. The van der Waals surface area contributed by atoms with E-state index in [-0.39, 0.29) is 11.8 Å². The molecule has 1 aromatic heterocycles. The average Bonchev–Trinajstić information content (AvgIpc) is 2.81. The minimum Gasteiger partial charge on any atom is -0.508 e. The van der Waals surface area contributed by atoms with Crippen LogP contribution in [0, 0.1) is 0 Å². The molecule has 2 heterocycles. The van der Waals surface area contributed by atoms with Crippen LogP contribution in [0.1, 0.15) is 51.9 Å². The van der Waals surface area contributed by atoms with E-state index in [0.717, 1.165) is 16.9 Å². The Morgan fingerprint density at radius 2 is 2.00 bits per heavy atom. The Bertz CT molecular complexity index is 597. The molecular formula is C16H23N3O. The van der Waals surface area contributed by atoms with Crippen LogP contribution in [0.25, 0.3) is 11.0 Å². The molecule has 0 amide bonds. The molecule has 1 fully saturated rings. The van der Waals surface area contributed by atoms with Gasteiger partial charge in [0.1, 0.15) is 11.6 Å². The van der Waals surface area contributed by atoms with E-state index >= 15 is 0 Å². The van der Waals surface area contributed by atoms with E-state index in [1.807, 2.05) is 6.07 Å². The zero-order valence-corrected chi connectivity index (χ0v) is 12.4. The monoisotopic (exact) mass is 273 g/mol. The summed E-state index contributed by atoms with van der Waals surface area (Å²) in [5.41, 5.74) is 1.83. The highest BCUT2D eigenvalue weighted by molar-refractivity contribution is 5.76. The first-order valence-electron chi connectivity index (χ1n) is 7.52. The van der Waals surface area contributed by atoms with E-state index < -0.39 is 0 Å². The first kappa shape index (κ1) is 13.4. The maximum atomic E-state index is 9.55. The summed E-state index contributed by atoms with van der Waals surface area (Å²) in [7, 11) is 0. The number of H-pyrrole nitrogens is 1. The fraction of sp³-hybridized carbons (Fsp3) is 0.562. The van der Waals surface area contributed by atoms with Crippen LogP contribution < -0.4 is 0 Å². The lowest BCUT2D eigenvalue weighted by Crippen LogP contribution is -2.45. The second kappa shape index (κ2) is 5.09. The minimum absolute atomic E-state index is 0.273. The molecule has 0 saturated carbocycles. The molecule has 0 aliphatic carbocycles. The number of aromatic amines is 1. The molecule has 0 radical (unpaired) electrons. The molecule has 2 N–H and O–H groups in total. The summed E-state index contributed by atoms with van der Waals surface area (Å²) < 4.78 is 0.